The zero-order valence-corrected chi connectivity index (χ0v) is 19.5. The maximum absolute atomic E-state index is 12.1. The van der Waals surface area contributed by atoms with Crippen LogP contribution in [0.5, 0.6) is 5.75 Å². The molecule has 2 heterocycles. The lowest BCUT2D eigenvalue weighted by molar-refractivity contribution is -0.0390. The van der Waals surface area contributed by atoms with Gasteiger partial charge in [0.25, 0.3) is 0 Å². The second kappa shape index (κ2) is 10.7. The molecule has 1 aromatic heterocycles. The van der Waals surface area contributed by atoms with Crippen molar-refractivity contribution in [3.05, 3.63) is 86.4 Å². The van der Waals surface area contributed by atoms with Crippen molar-refractivity contribution in [3.8, 4) is 5.75 Å². The van der Waals surface area contributed by atoms with Gasteiger partial charge in [0.15, 0.2) is 6.23 Å². The van der Waals surface area contributed by atoms with Crippen LogP contribution in [-0.2, 0) is 17.9 Å². The van der Waals surface area contributed by atoms with E-state index < -0.39 is 30.2 Å². The smallest absolute Gasteiger partial charge is 0.351 e. The summed E-state index contributed by atoms with van der Waals surface area (Å²) in [4.78, 5) is 15.7. The first-order valence-electron chi connectivity index (χ1n) is 10.5. The standard InChI is InChI=1S/C23H24Cl2N4O5/c24-15-3-1-13(2-4-15)12-33-17-6-5-16(25)9-14(17)10-27-11-18-20(30)21(31)22(34-18)29-8-7-19(26)28-23(29)32/h1-9,18,20-22,27,30-31H,10-12H2,(H2,26,28,32)/t18-,20-,21-,22-/m1/s1. The summed E-state index contributed by atoms with van der Waals surface area (Å²) >= 11 is 12.1. The van der Waals surface area contributed by atoms with Crippen LogP contribution in [0.25, 0.3) is 0 Å². The molecule has 0 radical (unpaired) electrons. The Hall–Kier alpha value is -2.66. The zero-order valence-electron chi connectivity index (χ0n) is 18.0. The van der Waals surface area contributed by atoms with Crippen molar-refractivity contribution in [2.45, 2.75) is 37.7 Å². The molecule has 2 aromatic carbocycles. The fourth-order valence-electron chi connectivity index (χ4n) is 3.66. The number of aliphatic hydroxyl groups is 2. The molecular formula is C23H24Cl2N4O5. The van der Waals surface area contributed by atoms with E-state index in [9.17, 15) is 15.0 Å². The molecule has 0 unspecified atom stereocenters. The lowest BCUT2D eigenvalue weighted by atomic mass is 10.1. The fourth-order valence-corrected chi connectivity index (χ4v) is 3.99. The summed E-state index contributed by atoms with van der Waals surface area (Å²) in [5.74, 6) is 0.709. The Morgan fingerprint density at radius 3 is 2.56 bits per heavy atom. The van der Waals surface area contributed by atoms with Gasteiger partial charge in [-0.3, -0.25) is 4.57 Å². The highest BCUT2D eigenvalue weighted by atomic mass is 35.5. The Morgan fingerprint density at radius 2 is 1.82 bits per heavy atom. The van der Waals surface area contributed by atoms with E-state index in [0.29, 0.717) is 28.9 Å². The first-order valence-corrected chi connectivity index (χ1v) is 11.3. The normalized spacial score (nSPS) is 22.1. The molecule has 5 N–H and O–H groups in total. The first-order chi connectivity index (χ1) is 16.3. The van der Waals surface area contributed by atoms with Crippen LogP contribution in [0.1, 0.15) is 17.4 Å². The van der Waals surface area contributed by atoms with Crippen molar-refractivity contribution in [1.29, 1.82) is 0 Å². The number of hydrogen-bond acceptors (Lipinski definition) is 8. The molecular weight excluding hydrogens is 483 g/mol. The largest absolute Gasteiger partial charge is 0.489 e. The lowest BCUT2D eigenvalue weighted by Crippen LogP contribution is -2.38. The van der Waals surface area contributed by atoms with Crippen LogP contribution >= 0.6 is 23.2 Å². The van der Waals surface area contributed by atoms with Crippen LogP contribution in [0.15, 0.2) is 59.5 Å². The molecule has 9 nitrogen and oxygen atoms in total. The van der Waals surface area contributed by atoms with E-state index in [0.717, 1.165) is 15.7 Å². The molecule has 1 saturated heterocycles. The molecule has 1 fully saturated rings. The van der Waals surface area contributed by atoms with Crippen LogP contribution in [-0.4, -0.2) is 44.6 Å². The third kappa shape index (κ3) is 5.69. The van der Waals surface area contributed by atoms with E-state index in [1.165, 1.54) is 12.3 Å². The SMILES string of the molecule is Nc1ccn([C@@H]2O[C@H](CNCc3cc(Cl)ccc3OCc3ccc(Cl)cc3)[C@@H](O)[C@H]2O)c(=O)n1. The molecule has 0 amide bonds. The van der Waals surface area contributed by atoms with Crippen LogP contribution in [0.4, 0.5) is 5.82 Å². The maximum Gasteiger partial charge on any atom is 0.351 e. The zero-order chi connectivity index (χ0) is 24.2. The Labute approximate surface area is 205 Å². The highest BCUT2D eigenvalue weighted by Gasteiger charge is 2.43. The van der Waals surface area contributed by atoms with Gasteiger partial charge in [0, 0.05) is 34.9 Å². The van der Waals surface area contributed by atoms with Gasteiger partial charge in [-0.15, -0.1) is 0 Å². The van der Waals surface area contributed by atoms with Crippen LogP contribution in [0.2, 0.25) is 10.0 Å². The van der Waals surface area contributed by atoms with E-state index in [1.54, 1.807) is 30.3 Å². The number of nitrogen functional groups attached to an aromatic ring is 1. The van der Waals surface area contributed by atoms with Crippen molar-refractivity contribution in [1.82, 2.24) is 14.9 Å². The van der Waals surface area contributed by atoms with Gasteiger partial charge >= 0.3 is 5.69 Å². The number of nitrogens with two attached hydrogens (primary N) is 1. The van der Waals surface area contributed by atoms with E-state index >= 15 is 0 Å². The average Bonchev–Trinajstić information content (AvgIpc) is 3.08. The Balaban J connectivity index is 1.37. The highest BCUT2D eigenvalue weighted by Crippen LogP contribution is 2.29. The topological polar surface area (TPSA) is 132 Å². The summed E-state index contributed by atoms with van der Waals surface area (Å²) in [6.45, 7) is 0.927. The van der Waals surface area contributed by atoms with Crippen LogP contribution in [0.3, 0.4) is 0 Å². The van der Waals surface area contributed by atoms with Crippen LogP contribution in [0, 0.1) is 0 Å². The van der Waals surface area contributed by atoms with Crippen molar-refractivity contribution in [2.75, 3.05) is 12.3 Å². The van der Waals surface area contributed by atoms with Crippen molar-refractivity contribution >= 4 is 29.0 Å². The van der Waals surface area contributed by atoms with Crippen molar-refractivity contribution < 1.29 is 19.7 Å². The number of anilines is 1. The van der Waals surface area contributed by atoms with Gasteiger partial charge in [-0.05, 0) is 42.0 Å². The van der Waals surface area contributed by atoms with Crippen LogP contribution < -0.4 is 21.5 Å². The van der Waals surface area contributed by atoms with Gasteiger partial charge in [0.2, 0.25) is 0 Å². The number of nitrogens with one attached hydrogen (secondary N) is 1. The quantitative estimate of drug-likeness (QED) is 0.365. The van der Waals surface area contributed by atoms with E-state index in [2.05, 4.69) is 10.3 Å². The molecule has 4 atom stereocenters. The van der Waals surface area contributed by atoms with Gasteiger partial charge in [0.05, 0.1) is 0 Å². The number of aromatic nitrogens is 2. The van der Waals surface area contributed by atoms with E-state index in [1.807, 2.05) is 12.1 Å². The minimum absolute atomic E-state index is 0.0584. The molecule has 0 bridgehead atoms. The first kappa shape index (κ1) is 24.5. The highest BCUT2D eigenvalue weighted by molar-refractivity contribution is 6.30. The number of halogens is 2. The Bertz CT molecular complexity index is 1190. The summed E-state index contributed by atoms with van der Waals surface area (Å²) in [6.07, 6.45) is -2.98. The minimum Gasteiger partial charge on any atom is -0.489 e. The number of aliphatic hydroxyl groups excluding tert-OH is 2. The van der Waals surface area contributed by atoms with Crippen molar-refractivity contribution in [3.63, 3.8) is 0 Å². The van der Waals surface area contributed by atoms with Crippen molar-refractivity contribution in [2.24, 2.45) is 0 Å². The third-order valence-electron chi connectivity index (χ3n) is 5.45. The summed E-state index contributed by atoms with van der Waals surface area (Å²) in [6, 6.07) is 14.1. The molecule has 0 spiro atoms. The second-order valence-corrected chi connectivity index (χ2v) is 8.76. The monoisotopic (exact) mass is 506 g/mol. The average molecular weight is 507 g/mol. The van der Waals surface area contributed by atoms with Gasteiger partial charge in [-0.25, -0.2) is 4.79 Å². The Kier molecular flexibility index (Phi) is 7.72. The number of benzene rings is 2. The fraction of sp³-hybridized carbons (Fsp3) is 0.304. The Morgan fingerprint density at radius 1 is 1.09 bits per heavy atom. The van der Waals surface area contributed by atoms with Gasteiger partial charge < -0.3 is 30.7 Å². The van der Waals surface area contributed by atoms with E-state index in [4.69, 9.17) is 38.4 Å². The molecule has 1 aliphatic heterocycles. The molecule has 180 valence electrons. The summed E-state index contributed by atoms with van der Waals surface area (Å²) < 4.78 is 12.8. The molecule has 34 heavy (non-hydrogen) atoms. The summed E-state index contributed by atoms with van der Waals surface area (Å²) in [5, 5.41) is 25.2. The molecule has 3 aromatic rings. The number of nitrogens with zero attached hydrogens (tertiary/aromatic N) is 2. The predicted molar refractivity (Wildman–Crippen MR) is 128 cm³/mol. The maximum atomic E-state index is 12.1. The van der Waals surface area contributed by atoms with Gasteiger partial charge in [-0.1, -0.05) is 35.3 Å². The lowest BCUT2D eigenvalue weighted by Gasteiger charge is -2.17. The summed E-state index contributed by atoms with van der Waals surface area (Å²) in [5.41, 5.74) is 6.61. The molecule has 0 saturated carbocycles. The molecule has 0 aliphatic carbocycles. The third-order valence-corrected chi connectivity index (χ3v) is 5.94. The molecule has 11 heteroatoms. The second-order valence-electron chi connectivity index (χ2n) is 7.89. The van der Waals surface area contributed by atoms with E-state index in [-0.39, 0.29) is 12.4 Å². The molecule has 1 aliphatic rings. The van der Waals surface area contributed by atoms with Gasteiger partial charge in [0.1, 0.15) is 36.5 Å². The van der Waals surface area contributed by atoms with Gasteiger partial charge in [-0.2, -0.15) is 4.98 Å². The number of rotatable bonds is 8. The predicted octanol–water partition coefficient (Wildman–Crippen LogP) is 2.12. The minimum atomic E-state index is -1.31. The summed E-state index contributed by atoms with van der Waals surface area (Å²) in [7, 11) is 0. The number of ether oxygens (including phenoxy) is 2. The number of hydrogen-bond donors (Lipinski definition) is 4. The molecule has 4 rings (SSSR count).